The SMILES string of the molecule is COC(=O)c1ccc(OCCc2c(CCNS(=O)(=O)CCl)n(C(c3ccccc3)c3ccccc3)c3ccc(Cl)cc23)cc1. The summed E-state index contributed by atoms with van der Waals surface area (Å²) >= 11 is 12.2. The Hall–Kier alpha value is -3.82. The van der Waals surface area contributed by atoms with Crippen LogP contribution >= 0.6 is 23.2 Å². The number of hydrogen-bond acceptors (Lipinski definition) is 5. The summed E-state index contributed by atoms with van der Waals surface area (Å²) in [4.78, 5) is 11.8. The summed E-state index contributed by atoms with van der Waals surface area (Å²) < 4.78 is 40.3. The molecule has 0 fully saturated rings. The first-order chi connectivity index (χ1) is 21.3. The summed E-state index contributed by atoms with van der Waals surface area (Å²) in [5, 5.41) is 1.05. The van der Waals surface area contributed by atoms with Gasteiger partial charge in [0.05, 0.1) is 25.3 Å². The number of esters is 1. The predicted octanol–water partition coefficient (Wildman–Crippen LogP) is 7.00. The van der Waals surface area contributed by atoms with E-state index < -0.39 is 21.2 Å². The monoisotopic (exact) mass is 650 g/mol. The number of alkyl halides is 1. The maximum atomic E-state index is 12.3. The minimum absolute atomic E-state index is 0.165. The molecule has 0 saturated heterocycles. The number of nitrogens with zero attached hydrogens (tertiary/aromatic N) is 1. The fourth-order valence-corrected chi connectivity index (χ4v) is 6.35. The molecular formula is C34H32Cl2N2O5S. The molecule has 7 nitrogen and oxygen atoms in total. The van der Waals surface area contributed by atoms with Crippen LogP contribution in [0.2, 0.25) is 5.02 Å². The third kappa shape index (κ3) is 7.27. The Morgan fingerprint density at radius 2 is 1.52 bits per heavy atom. The second kappa shape index (κ2) is 14.3. The fourth-order valence-electron chi connectivity index (χ4n) is 5.45. The molecule has 10 heteroatoms. The zero-order valence-corrected chi connectivity index (χ0v) is 26.4. The molecule has 4 aromatic carbocycles. The van der Waals surface area contributed by atoms with E-state index in [-0.39, 0.29) is 12.6 Å². The van der Waals surface area contributed by atoms with E-state index >= 15 is 0 Å². The van der Waals surface area contributed by atoms with Crippen molar-refractivity contribution in [1.82, 2.24) is 9.29 Å². The van der Waals surface area contributed by atoms with Crippen molar-refractivity contribution in [3.05, 3.63) is 136 Å². The van der Waals surface area contributed by atoms with Crippen LogP contribution in [0.5, 0.6) is 5.75 Å². The number of aromatic nitrogens is 1. The van der Waals surface area contributed by atoms with Crippen molar-refractivity contribution in [2.75, 3.05) is 25.5 Å². The van der Waals surface area contributed by atoms with Gasteiger partial charge in [-0.05, 0) is 59.2 Å². The summed E-state index contributed by atoms with van der Waals surface area (Å²) in [5.74, 6) is 0.198. The van der Waals surface area contributed by atoms with Gasteiger partial charge in [0.15, 0.2) is 0 Å². The van der Waals surface area contributed by atoms with Gasteiger partial charge in [0.1, 0.15) is 11.0 Å². The molecule has 0 spiro atoms. The minimum Gasteiger partial charge on any atom is -0.493 e. The summed E-state index contributed by atoms with van der Waals surface area (Å²) in [6.45, 7) is 0.503. The third-order valence-electron chi connectivity index (χ3n) is 7.39. The normalized spacial score (nSPS) is 11.6. The standard InChI is InChI=1S/C34H32Cl2N2O5S/c1-42-34(39)26-12-15-28(16-13-26)43-21-19-29-30-22-27(36)14-17-31(30)38(32(29)18-20-37-44(40,41)23-35)33(24-8-4-2-5-9-24)25-10-6-3-7-11-25/h2-17,22,33,37H,18-21,23H2,1H3. The average Bonchev–Trinajstić information content (AvgIpc) is 3.33. The van der Waals surface area contributed by atoms with Crippen LogP contribution in [0.4, 0.5) is 0 Å². The molecule has 0 aliphatic carbocycles. The molecule has 44 heavy (non-hydrogen) atoms. The van der Waals surface area contributed by atoms with E-state index in [0.29, 0.717) is 35.8 Å². The Kier molecular flexibility index (Phi) is 10.3. The topological polar surface area (TPSA) is 86.6 Å². The first-order valence-electron chi connectivity index (χ1n) is 14.1. The van der Waals surface area contributed by atoms with Crippen LogP contribution in [0.1, 0.15) is 38.8 Å². The molecule has 228 valence electrons. The Bertz CT molecular complexity index is 1790. The number of nitrogens with one attached hydrogen (secondary N) is 1. The van der Waals surface area contributed by atoms with Crippen LogP contribution in [-0.4, -0.2) is 44.4 Å². The van der Waals surface area contributed by atoms with E-state index in [9.17, 15) is 13.2 Å². The minimum atomic E-state index is -3.61. The van der Waals surface area contributed by atoms with Gasteiger partial charge in [0, 0.05) is 41.0 Å². The van der Waals surface area contributed by atoms with Crippen LogP contribution in [-0.2, 0) is 27.6 Å². The molecule has 0 aliphatic rings. The van der Waals surface area contributed by atoms with Gasteiger partial charge < -0.3 is 14.0 Å². The Morgan fingerprint density at radius 1 is 0.886 bits per heavy atom. The predicted molar refractivity (Wildman–Crippen MR) is 175 cm³/mol. The number of carbonyl (C=O) groups excluding carboxylic acids is 1. The number of carbonyl (C=O) groups is 1. The Balaban J connectivity index is 1.60. The van der Waals surface area contributed by atoms with Gasteiger partial charge in [-0.3, -0.25) is 0 Å². The van der Waals surface area contributed by atoms with Gasteiger partial charge in [-0.2, -0.15) is 0 Å². The maximum absolute atomic E-state index is 12.3. The number of ether oxygens (including phenoxy) is 2. The summed E-state index contributed by atoms with van der Waals surface area (Å²) in [6.07, 6.45) is 0.929. The van der Waals surface area contributed by atoms with E-state index in [1.165, 1.54) is 7.11 Å². The molecule has 5 rings (SSSR count). The molecule has 1 aromatic heterocycles. The molecular weight excluding hydrogens is 619 g/mol. The van der Waals surface area contributed by atoms with Crippen LogP contribution in [0.15, 0.2) is 103 Å². The number of sulfonamides is 1. The first-order valence-corrected chi connectivity index (χ1v) is 16.6. The molecule has 0 radical (unpaired) electrons. The van der Waals surface area contributed by atoms with E-state index in [1.807, 2.05) is 54.6 Å². The van der Waals surface area contributed by atoms with Crippen molar-refractivity contribution >= 4 is 50.1 Å². The van der Waals surface area contributed by atoms with E-state index in [2.05, 4.69) is 33.6 Å². The van der Waals surface area contributed by atoms with Gasteiger partial charge >= 0.3 is 5.97 Å². The molecule has 0 saturated carbocycles. The van der Waals surface area contributed by atoms with Crippen molar-refractivity contribution in [1.29, 1.82) is 0 Å². The van der Waals surface area contributed by atoms with Crippen molar-refractivity contribution in [3.63, 3.8) is 0 Å². The lowest BCUT2D eigenvalue weighted by Crippen LogP contribution is -2.28. The maximum Gasteiger partial charge on any atom is 0.337 e. The highest BCUT2D eigenvalue weighted by molar-refractivity contribution is 7.90. The van der Waals surface area contributed by atoms with E-state index in [1.54, 1.807) is 24.3 Å². The van der Waals surface area contributed by atoms with Crippen LogP contribution in [0.3, 0.4) is 0 Å². The summed E-state index contributed by atoms with van der Waals surface area (Å²) in [7, 11) is -2.27. The summed E-state index contributed by atoms with van der Waals surface area (Å²) in [5.41, 5.74) is 5.55. The number of hydrogen-bond donors (Lipinski definition) is 1. The lowest BCUT2D eigenvalue weighted by Gasteiger charge is -2.25. The van der Waals surface area contributed by atoms with Gasteiger partial charge in [0.25, 0.3) is 0 Å². The van der Waals surface area contributed by atoms with Gasteiger partial charge in [-0.25, -0.2) is 17.9 Å². The lowest BCUT2D eigenvalue weighted by atomic mass is 9.97. The molecule has 1 N–H and O–H groups in total. The second-order valence-electron chi connectivity index (χ2n) is 10.2. The summed E-state index contributed by atoms with van der Waals surface area (Å²) in [6, 6.07) is 32.9. The quantitative estimate of drug-likeness (QED) is 0.110. The highest BCUT2D eigenvalue weighted by Crippen LogP contribution is 2.37. The number of fused-ring (bicyclic) bond motifs is 1. The third-order valence-corrected chi connectivity index (χ3v) is 9.42. The van der Waals surface area contributed by atoms with Gasteiger partial charge in [0.2, 0.25) is 10.0 Å². The molecule has 5 aromatic rings. The highest BCUT2D eigenvalue weighted by Gasteiger charge is 2.26. The van der Waals surface area contributed by atoms with Crippen molar-refractivity contribution in [2.24, 2.45) is 0 Å². The van der Waals surface area contributed by atoms with Crippen molar-refractivity contribution in [2.45, 2.75) is 18.9 Å². The number of rotatable bonds is 13. The smallest absolute Gasteiger partial charge is 0.337 e. The number of methoxy groups -OCH3 is 1. The Morgan fingerprint density at radius 3 is 2.11 bits per heavy atom. The number of benzene rings is 4. The van der Waals surface area contributed by atoms with Crippen LogP contribution in [0, 0.1) is 0 Å². The lowest BCUT2D eigenvalue weighted by molar-refractivity contribution is 0.0600. The molecule has 0 atom stereocenters. The Labute approximate surface area is 267 Å². The molecule has 0 amide bonds. The zero-order valence-electron chi connectivity index (χ0n) is 24.1. The van der Waals surface area contributed by atoms with Crippen molar-refractivity contribution in [3.8, 4) is 5.75 Å². The van der Waals surface area contributed by atoms with E-state index in [0.717, 1.165) is 33.3 Å². The van der Waals surface area contributed by atoms with Crippen LogP contribution in [0.25, 0.3) is 10.9 Å². The highest BCUT2D eigenvalue weighted by atomic mass is 35.5. The first kappa shape index (κ1) is 31.6. The average molecular weight is 652 g/mol. The number of halogens is 2. The van der Waals surface area contributed by atoms with E-state index in [4.69, 9.17) is 32.7 Å². The van der Waals surface area contributed by atoms with Crippen LogP contribution < -0.4 is 9.46 Å². The second-order valence-corrected chi connectivity index (χ2v) is 13.0. The molecule has 0 aliphatic heterocycles. The largest absolute Gasteiger partial charge is 0.493 e. The van der Waals surface area contributed by atoms with Gasteiger partial charge in [-0.15, -0.1) is 11.6 Å². The van der Waals surface area contributed by atoms with Crippen molar-refractivity contribution < 1.29 is 22.7 Å². The molecule has 1 heterocycles. The molecule has 0 bridgehead atoms. The van der Waals surface area contributed by atoms with Gasteiger partial charge in [-0.1, -0.05) is 72.3 Å². The molecule has 0 unspecified atom stereocenters. The fraction of sp³-hybridized carbons (Fsp3) is 0.206. The zero-order chi connectivity index (χ0) is 31.1.